The molecule has 1 saturated heterocycles. The van der Waals surface area contributed by atoms with Crippen molar-refractivity contribution in [1.82, 2.24) is 9.88 Å². The Hall–Kier alpha value is -3.77. The summed E-state index contributed by atoms with van der Waals surface area (Å²) in [5, 5.41) is 11.7. The van der Waals surface area contributed by atoms with E-state index in [2.05, 4.69) is 45.2 Å². The molecule has 3 aromatic carbocycles. The molecule has 1 aliphatic heterocycles. The summed E-state index contributed by atoms with van der Waals surface area (Å²) < 4.78 is 49.4. The average molecular weight is 672 g/mol. The number of benzene rings is 3. The number of ether oxygens (including phenoxy) is 2. The Morgan fingerprint density at radius 1 is 0.872 bits per heavy atom. The maximum atomic E-state index is 13.0. The summed E-state index contributed by atoms with van der Waals surface area (Å²) >= 11 is 6.29. The summed E-state index contributed by atoms with van der Waals surface area (Å²) in [6.45, 7) is 1.99. The molecule has 12 heteroatoms. The van der Waals surface area contributed by atoms with Gasteiger partial charge in [0.05, 0.1) is 31.0 Å². The van der Waals surface area contributed by atoms with Gasteiger partial charge in [-0.2, -0.15) is 13.2 Å². The molecule has 4 N–H and O–H groups in total. The van der Waals surface area contributed by atoms with E-state index in [1.807, 2.05) is 36.4 Å². The minimum absolute atomic E-state index is 0.0803. The second kappa shape index (κ2) is 15.9. The Balaban J connectivity index is 1.56. The normalized spacial score (nSPS) is 15.1. The summed E-state index contributed by atoms with van der Waals surface area (Å²) in [6, 6.07) is 21.6. The molecule has 1 fully saturated rings. The van der Waals surface area contributed by atoms with E-state index in [0.29, 0.717) is 68.5 Å². The lowest BCUT2D eigenvalue weighted by Crippen LogP contribution is -2.43. The Morgan fingerprint density at radius 3 is 2.11 bits per heavy atom. The fourth-order valence-corrected chi connectivity index (χ4v) is 6.25. The number of nitrogens with one attached hydrogen (secondary N) is 4. The van der Waals surface area contributed by atoms with Crippen molar-refractivity contribution in [2.75, 3.05) is 76.1 Å². The van der Waals surface area contributed by atoms with Gasteiger partial charge < -0.3 is 30.4 Å². The maximum absolute atomic E-state index is 13.0. The van der Waals surface area contributed by atoms with Gasteiger partial charge in [0.1, 0.15) is 0 Å². The number of rotatable bonds is 14. The van der Waals surface area contributed by atoms with Crippen molar-refractivity contribution in [1.29, 1.82) is 0 Å². The van der Waals surface area contributed by atoms with Crippen LogP contribution in [-0.2, 0) is 9.47 Å². The number of alkyl halides is 3. The van der Waals surface area contributed by atoms with Gasteiger partial charge in [-0.15, -0.1) is 0 Å². The van der Waals surface area contributed by atoms with Gasteiger partial charge in [-0.3, -0.25) is 9.69 Å². The third-order valence-corrected chi connectivity index (χ3v) is 8.61. The smallest absolute Gasteiger partial charge is 0.383 e. The van der Waals surface area contributed by atoms with E-state index in [0.717, 1.165) is 33.5 Å². The predicted molar refractivity (Wildman–Crippen MR) is 183 cm³/mol. The van der Waals surface area contributed by atoms with E-state index in [4.69, 9.17) is 21.1 Å². The highest BCUT2D eigenvalue weighted by molar-refractivity contribution is 6.30. The SMILES string of the molecule is COCCNc1ccc(C(c2ccc(Cl)cc2)c2cc(NCCOC)c3[nH]c(=O)cc(NC4CCN(CC(F)(F)F)CC4)c3c2)cc1. The van der Waals surface area contributed by atoms with E-state index in [1.165, 1.54) is 11.0 Å². The number of fused-ring (bicyclic) bond motifs is 1. The predicted octanol–water partition coefficient (Wildman–Crippen LogP) is 6.92. The van der Waals surface area contributed by atoms with Gasteiger partial charge in [-0.25, -0.2) is 0 Å². The molecule has 0 bridgehead atoms. The largest absolute Gasteiger partial charge is 0.401 e. The van der Waals surface area contributed by atoms with Crippen molar-refractivity contribution in [2.24, 2.45) is 0 Å². The molecule has 4 aromatic rings. The first-order valence-electron chi connectivity index (χ1n) is 15.7. The number of hydrogen-bond donors (Lipinski definition) is 4. The number of likely N-dealkylation sites (tertiary alicyclic amines) is 1. The zero-order valence-electron chi connectivity index (χ0n) is 26.6. The molecule has 0 aliphatic carbocycles. The number of piperidine rings is 1. The van der Waals surface area contributed by atoms with Crippen molar-refractivity contribution < 1.29 is 22.6 Å². The molecule has 252 valence electrons. The lowest BCUT2D eigenvalue weighted by Gasteiger charge is -2.33. The van der Waals surface area contributed by atoms with E-state index in [9.17, 15) is 18.0 Å². The van der Waals surface area contributed by atoms with Crippen LogP contribution in [-0.4, -0.2) is 82.3 Å². The highest BCUT2D eigenvalue weighted by Gasteiger charge is 2.32. The number of methoxy groups -OCH3 is 2. The van der Waals surface area contributed by atoms with E-state index >= 15 is 0 Å². The first kappa shape index (κ1) is 34.6. The first-order valence-corrected chi connectivity index (χ1v) is 16.1. The standard InChI is InChI=1S/C35H41ClF3N5O3/c1-46-17-13-40-27-9-5-24(6-10-27)33(23-3-7-26(36)8-4-23)25-19-29-30(42-28-11-15-44(16-12-28)22-35(37,38)39)21-32(45)43-34(29)31(20-25)41-14-18-47-2/h3-10,19-21,28,33,40-41H,11-18,22H2,1-2H3,(H2,42,43,45). The molecule has 0 spiro atoms. The number of aromatic nitrogens is 1. The van der Waals surface area contributed by atoms with Crippen LogP contribution in [0.1, 0.15) is 35.4 Å². The molecule has 2 heterocycles. The average Bonchev–Trinajstić information content (AvgIpc) is 3.04. The quantitative estimate of drug-likeness (QED) is 0.0855. The monoisotopic (exact) mass is 671 g/mol. The molecule has 1 aliphatic rings. The second-order valence-electron chi connectivity index (χ2n) is 11.8. The molecule has 0 amide bonds. The molecule has 1 aromatic heterocycles. The third-order valence-electron chi connectivity index (χ3n) is 8.36. The Kier molecular flexibility index (Phi) is 11.7. The minimum atomic E-state index is -4.23. The minimum Gasteiger partial charge on any atom is -0.383 e. The van der Waals surface area contributed by atoms with E-state index < -0.39 is 12.7 Å². The van der Waals surface area contributed by atoms with Crippen molar-refractivity contribution in [3.05, 3.63) is 98.8 Å². The number of halogens is 4. The van der Waals surface area contributed by atoms with Gasteiger partial charge >= 0.3 is 6.18 Å². The van der Waals surface area contributed by atoms with Crippen LogP contribution in [0.3, 0.4) is 0 Å². The molecular formula is C35H41ClF3N5O3. The van der Waals surface area contributed by atoms with E-state index in [-0.39, 0.29) is 17.5 Å². The first-order chi connectivity index (χ1) is 22.6. The Bertz CT molecular complexity index is 1660. The maximum Gasteiger partial charge on any atom is 0.401 e. The van der Waals surface area contributed by atoms with Crippen LogP contribution in [0.25, 0.3) is 10.9 Å². The Morgan fingerprint density at radius 2 is 1.49 bits per heavy atom. The lowest BCUT2D eigenvalue weighted by molar-refractivity contribution is -0.147. The lowest BCUT2D eigenvalue weighted by atomic mass is 9.84. The van der Waals surface area contributed by atoms with Crippen LogP contribution in [0, 0.1) is 0 Å². The van der Waals surface area contributed by atoms with Crippen LogP contribution < -0.4 is 21.5 Å². The fraction of sp³-hybridized carbons (Fsp3) is 0.400. The number of anilines is 3. The summed E-state index contributed by atoms with van der Waals surface area (Å²) in [5.74, 6) is -0.182. The molecule has 1 unspecified atom stereocenters. The third kappa shape index (κ3) is 9.41. The van der Waals surface area contributed by atoms with Gasteiger partial charge in [0.25, 0.3) is 5.56 Å². The number of pyridine rings is 1. The summed E-state index contributed by atoms with van der Waals surface area (Å²) in [5.41, 5.74) is 5.80. The van der Waals surface area contributed by atoms with Crippen LogP contribution in [0.15, 0.2) is 71.5 Å². The van der Waals surface area contributed by atoms with Crippen molar-refractivity contribution in [3.8, 4) is 0 Å². The summed E-state index contributed by atoms with van der Waals surface area (Å²) in [6.07, 6.45) is -3.17. The van der Waals surface area contributed by atoms with Gasteiger partial charge in [0.15, 0.2) is 0 Å². The zero-order chi connectivity index (χ0) is 33.4. The van der Waals surface area contributed by atoms with Crippen molar-refractivity contribution >= 4 is 39.6 Å². The fourth-order valence-electron chi connectivity index (χ4n) is 6.13. The van der Waals surface area contributed by atoms with Gasteiger partial charge in [-0.1, -0.05) is 35.9 Å². The summed E-state index contributed by atoms with van der Waals surface area (Å²) in [7, 11) is 3.30. The van der Waals surface area contributed by atoms with Crippen molar-refractivity contribution in [2.45, 2.75) is 31.0 Å². The molecule has 1 atom stereocenters. The second-order valence-corrected chi connectivity index (χ2v) is 12.2. The van der Waals surface area contributed by atoms with Gasteiger partial charge in [0, 0.05) is 80.2 Å². The zero-order valence-corrected chi connectivity index (χ0v) is 27.3. The van der Waals surface area contributed by atoms with Gasteiger partial charge in [-0.05, 0) is 65.9 Å². The van der Waals surface area contributed by atoms with Crippen LogP contribution in [0.5, 0.6) is 0 Å². The summed E-state index contributed by atoms with van der Waals surface area (Å²) in [4.78, 5) is 17.4. The Labute approximate surface area is 277 Å². The van der Waals surface area contributed by atoms with Crippen molar-refractivity contribution in [3.63, 3.8) is 0 Å². The van der Waals surface area contributed by atoms with Crippen LogP contribution >= 0.6 is 11.6 Å². The molecule has 8 nitrogen and oxygen atoms in total. The highest BCUT2D eigenvalue weighted by atomic mass is 35.5. The number of nitrogens with zero attached hydrogens (tertiary/aromatic N) is 1. The molecule has 47 heavy (non-hydrogen) atoms. The number of H-pyrrole nitrogens is 1. The van der Waals surface area contributed by atoms with E-state index in [1.54, 1.807) is 14.2 Å². The molecule has 0 radical (unpaired) electrons. The molecule has 0 saturated carbocycles. The van der Waals surface area contributed by atoms with Crippen LogP contribution in [0.2, 0.25) is 5.02 Å². The van der Waals surface area contributed by atoms with Gasteiger partial charge in [0.2, 0.25) is 0 Å². The topological polar surface area (TPSA) is 90.6 Å². The number of aromatic amines is 1. The molecular weight excluding hydrogens is 631 g/mol. The highest BCUT2D eigenvalue weighted by Crippen LogP contribution is 2.38. The number of hydrogen-bond acceptors (Lipinski definition) is 7. The molecule has 5 rings (SSSR count). The van der Waals surface area contributed by atoms with Crippen LogP contribution in [0.4, 0.5) is 30.2 Å².